The van der Waals surface area contributed by atoms with Crippen molar-refractivity contribution in [1.82, 2.24) is 4.90 Å². The van der Waals surface area contributed by atoms with Crippen molar-refractivity contribution in [2.45, 2.75) is 26.4 Å². The van der Waals surface area contributed by atoms with E-state index in [0.29, 0.717) is 13.2 Å². The van der Waals surface area contributed by atoms with Crippen LogP contribution in [-0.2, 0) is 13.0 Å². The van der Waals surface area contributed by atoms with E-state index < -0.39 is 0 Å². The number of hydrogen-bond acceptors (Lipinski definition) is 3. The van der Waals surface area contributed by atoms with E-state index in [1.54, 1.807) is 0 Å². The standard InChI is InChI=1S/C20H26BrNO2/c1-4-23-20-14-16(6-5-13-22(2)3)9-12-19(20)24-15-17-7-10-18(21)11-8-17/h7-12,14H,4-6,13,15H2,1-3H3. The van der Waals surface area contributed by atoms with Gasteiger partial charge in [0, 0.05) is 4.47 Å². The minimum atomic E-state index is 0.535. The molecular formula is C20H26BrNO2. The van der Waals surface area contributed by atoms with Crippen LogP contribution < -0.4 is 9.47 Å². The lowest BCUT2D eigenvalue weighted by molar-refractivity contribution is 0.269. The van der Waals surface area contributed by atoms with Crippen LogP contribution >= 0.6 is 15.9 Å². The molecule has 24 heavy (non-hydrogen) atoms. The predicted octanol–water partition coefficient (Wildman–Crippen LogP) is 4.92. The maximum atomic E-state index is 5.96. The van der Waals surface area contributed by atoms with Gasteiger partial charge in [-0.1, -0.05) is 34.1 Å². The molecule has 0 aliphatic heterocycles. The molecule has 0 aliphatic carbocycles. The van der Waals surface area contributed by atoms with E-state index >= 15 is 0 Å². The molecular weight excluding hydrogens is 366 g/mol. The Morgan fingerprint density at radius 2 is 1.62 bits per heavy atom. The molecule has 0 aliphatic rings. The van der Waals surface area contributed by atoms with E-state index in [1.807, 2.05) is 25.1 Å². The second-order valence-corrected chi connectivity index (χ2v) is 6.95. The molecule has 0 saturated heterocycles. The largest absolute Gasteiger partial charge is 0.490 e. The van der Waals surface area contributed by atoms with Gasteiger partial charge in [-0.15, -0.1) is 0 Å². The van der Waals surface area contributed by atoms with E-state index in [-0.39, 0.29) is 0 Å². The van der Waals surface area contributed by atoms with Gasteiger partial charge in [-0.2, -0.15) is 0 Å². The SMILES string of the molecule is CCOc1cc(CCCN(C)C)ccc1OCc1ccc(Br)cc1. The molecule has 0 heterocycles. The third kappa shape index (κ3) is 6.17. The number of benzene rings is 2. The lowest BCUT2D eigenvalue weighted by Gasteiger charge is -2.14. The first-order valence-electron chi connectivity index (χ1n) is 8.36. The highest BCUT2D eigenvalue weighted by atomic mass is 79.9. The normalized spacial score (nSPS) is 10.9. The summed E-state index contributed by atoms with van der Waals surface area (Å²) in [7, 11) is 4.20. The van der Waals surface area contributed by atoms with Gasteiger partial charge in [-0.3, -0.25) is 0 Å². The summed E-state index contributed by atoms with van der Waals surface area (Å²) in [5, 5.41) is 0. The summed E-state index contributed by atoms with van der Waals surface area (Å²) in [6, 6.07) is 14.4. The lowest BCUT2D eigenvalue weighted by atomic mass is 10.1. The fourth-order valence-electron chi connectivity index (χ4n) is 2.44. The molecule has 0 unspecified atom stereocenters. The van der Waals surface area contributed by atoms with E-state index in [1.165, 1.54) is 5.56 Å². The zero-order valence-corrected chi connectivity index (χ0v) is 16.3. The average molecular weight is 392 g/mol. The fraction of sp³-hybridized carbons (Fsp3) is 0.400. The van der Waals surface area contributed by atoms with Gasteiger partial charge >= 0.3 is 0 Å². The van der Waals surface area contributed by atoms with Crippen molar-refractivity contribution in [3.63, 3.8) is 0 Å². The monoisotopic (exact) mass is 391 g/mol. The number of ether oxygens (including phenoxy) is 2. The Labute approximate surface area is 153 Å². The molecule has 0 aromatic heterocycles. The van der Waals surface area contributed by atoms with Crippen LogP contribution in [-0.4, -0.2) is 32.1 Å². The second-order valence-electron chi connectivity index (χ2n) is 6.04. The van der Waals surface area contributed by atoms with Gasteiger partial charge in [0.15, 0.2) is 11.5 Å². The minimum Gasteiger partial charge on any atom is -0.490 e. The summed E-state index contributed by atoms with van der Waals surface area (Å²) in [6.07, 6.45) is 2.18. The van der Waals surface area contributed by atoms with Gasteiger partial charge in [0.1, 0.15) is 6.61 Å². The molecule has 0 amide bonds. The molecule has 2 aromatic rings. The number of aryl methyl sites for hydroxylation is 1. The van der Waals surface area contributed by atoms with Crippen molar-refractivity contribution in [3.8, 4) is 11.5 Å². The third-order valence-corrected chi connectivity index (χ3v) is 4.22. The first-order valence-corrected chi connectivity index (χ1v) is 9.15. The van der Waals surface area contributed by atoms with Crippen molar-refractivity contribution in [2.24, 2.45) is 0 Å². The van der Waals surface area contributed by atoms with Crippen molar-refractivity contribution in [3.05, 3.63) is 58.1 Å². The zero-order valence-electron chi connectivity index (χ0n) is 14.7. The molecule has 2 rings (SSSR count). The Bertz CT molecular complexity index is 626. The van der Waals surface area contributed by atoms with Crippen LogP contribution in [0.4, 0.5) is 0 Å². The Morgan fingerprint density at radius 3 is 2.29 bits per heavy atom. The Hall–Kier alpha value is -1.52. The molecule has 3 nitrogen and oxygen atoms in total. The Morgan fingerprint density at radius 1 is 0.917 bits per heavy atom. The van der Waals surface area contributed by atoms with Crippen molar-refractivity contribution in [1.29, 1.82) is 0 Å². The summed E-state index contributed by atoms with van der Waals surface area (Å²) in [5.74, 6) is 1.63. The van der Waals surface area contributed by atoms with Gasteiger partial charge in [0.25, 0.3) is 0 Å². The van der Waals surface area contributed by atoms with Crippen LogP contribution in [0.25, 0.3) is 0 Å². The van der Waals surface area contributed by atoms with E-state index in [2.05, 4.69) is 59.2 Å². The van der Waals surface area contributed by atoms with Crippen molar-refractivity contribution in [2.75, 3.05) is 27.2 Å². The van der Waals surface area contributed by atoms with Crippen LogP contribution in [0.3, 0.4) is 0 Å². The van der Waals surface area contributed by atoms with Crippen LogP contribution in [0.15, 0.2) is 46.9 Å². The molecule has 0 radical (unpaired) electrons. The number of nitrogens with zero attached hydrogens (tertiary/aromatic N) is 1. The van der Waals surface area contributed by atoms with Crippen molar-refractivity contribution < 1.29 is 9.47 Å². The van der Waals surface area contributed by atoms with Gasteiger partial charge in [0.2, 0.25) is 0 Å². The predicted molar refractivity (Wildman–Crippen MR) is 103 cm³/mol. The van der Waals surface area contributed by atoms with Crippen LogP contribution in [0.2, 0.25) is 0 Å². The summed E-state index contributed by atoms with van der Waals surface area (Å²) in [5.41, 5.74) is 2.42. The van der Waals surface area contributed by atoms with E-state index in [0.717, 1.165) is 40.9 Å². The van der Waals surface area contributed by atoms with E-state index in [4.69, 9.17) is 9.47 Å². The zero-order chi connectivity index (χ0) is 17.4. The maximum absolute atomic E-state index is 5.96. The number of rotatable bonds is 9. The quantitative estimate of drug-likeness (QED) is 0.605. The molecule has 4 heteroatoms. The molecule has 0 fully saturated rings. The highest BCUT2D eigenvalue weighted by molar-refractivity contribution is 9.10. The number of halogens is 1. The topological polar surface area (TPSA) is 21.7 Å². The molecule has 130 valence electrons. The highest BCUT2D eigenvalue weighted by Gasteiger charge is 2.07. The second kappa shape index (κ2) is 9.70. The first kappa shape index (κ1) is 18.8. The summed E-state index contributed by atoms with van der Waals surface area (Å²) < 4.78 is 12.8. The minimum absolute atomic E-state index is 0.535. The smallest absolute Gasteiger partial charge is 0.161 e. The average Bonchev–Trinajstić information content (AvgIpc) is 2.55. The van der Waals surface area contributed by atoms with Gasteiger partial charge in [-0.05, 0) is 75.8 Å². The summed E-state index contributed by atoms with van der Waals surface area (Å²) in [6.45, 7) is 4.26. The maximum Gasteiger partial charge on any atom is 0.161 e. The molecule has 0 bridgehead atoms. The number of hydrogen-bond donors (Lipinski definition) is 0. The highest BCUT2D eigenvalue weighted by Crippen LogP contribution is 2.30. The van der Waals surface area contributed by atoms with Gasteiger partial charge < -0.3 is 14.4 Å². The molecule has 0 N–H and O–H groups in total. The van der Waals surface area contributed by atoms with Crippen LogP contribution in [0, 0.1) is 0 Å². The summed E-state index contributed by atoms with van der Waals surface area (Å²) >= 11 is 3.45. The van der Waals surface area contributed by atoms with Gasteiger partial charge in [0.05, 0.1) is 6.61 Å². The van der Waals surface area contributed by atoms with Crippen LogP contribution in [0.5, 0.6) is 11.5 Å². The first-order chi connectivity index (χ1) is 11.6. The van der Waals surface area contributed by atoms with Crippen molar-refractivity contribution >= 4 is 15.9 Å². The lowest BCUT2D eigenvalue weighted by Crippen LogP contribution is -2.13. The van der Waals surface area contributed by atoms with Gasteiger partial charge in [-0.25, -0.2) is 0 Å². The fourth-order valence-corrected chi connectivity index (χ4v) is 2.70. The molecule has 2 aromatic carbocycles. The molecule has 0 atom stereocenters. The summed E-state index contributed by atoms with van der Waals surface area (Å²) in [4.78, 5) is 2.21. The molecule has 0 spiro atoms. The third-order valence-electron chi connectivity index (χ3n) is 3.69. The Kier molecular flexibility index (Phi) is 7.60. The van der Waals surface area contributed by atoms with Crippen LogP contribution in [0.1, 0.15) is 24.5 Å². The Balaban J connectivity index is 2.01. The van der Waals surface area contributed by atoms with E-state index in [9.17, 15) is 0 Å². The molecule has 0 saturated carbocycles.